The van der Waals surface area contributed by atoms with Gasteiger partial charge in [0.15, 0.2) is 0 Å². The molecule has 0 fully saturated rings. The van der Waals surface area contributed by atoms with Crippen LogP contribution < -0.4 is 15.4 Å². The fraction of sp³-hybridized carbons (Fsp3) is 0.261. The van der Waals surface area contributed by atoms with E-state index >= 15 is 0 Å². The summed E-state index contributed by atoms with van der Waals surface area (Å²) in [5, 5.41) is 10.4. The minimum absolute atomic E-state index is 0.0797. The minimum atomic E-state index is -3.75. The van der Waals surface area contributed by atoms with E-state index in [9.17, 15) is 13.2 Å². The summed E-state index contributed by atoms with van der Waals surface area (Å²) in [6.07, 6.45) is 0.665. The van der Waals surface area contributed by atoms with Crippen LogP contribution in [0, 0.1) is 6.92 Å². The summed E-state index contributed by atoms with van der Waals surface area (Å²) in [5.74, 6) is -0.0887. The molecular weight excluding hydrogens is 430 g/mol. The van der Waals surface area contributed by atoms with Crippen molar-refractivity contribution in [1.82, 2.24) is 5.32 Å². The predicted molar refractivity (Wildman–Crippen MR) is 124 cm³/mol. The smallest absolute Gasteiger partial charge is 0.240 e. The predicted octanol–water partition coefficient (Wildman–Crippen LogP) is 3.36. The summed E-state index contributed by atoms with van der Waals surface area (Å²) in [5.41, 5.74) is 3.97. The first-order valence-electron chi connectivity index (χ1n) is 10.0. The maximum atomic E-state index is 13.1. The van der Waals surface area contributed by atoms with Crippen LogP contribution in [0.3, 0.4) is 0 Å². The highest BCUT2D eigenvalue weighted by molar-refractivity contribution is 7.89. The molecule has 3 aromatic rings. The quantitative estimate of drug-likeness (QED) is 0.596. The highest BCUT2D eigenvalue weighted by atomic mass is 32.2. The molecule has 1 amide bonds. The van der Waals surface area contributed by atoms with Crippen LogP contribution in [0.15, 0.2) is 64.9 Å². The van der Waals surface area contributed by atoms with Gasteiger partial charge in [-0.2, -0.15) is 0 Å². The number of nitrogens with zero attached hydrogens (tertiary/aromatic N) is 1. The second-order valence-corrected chi connectivity index (χ2v) is 10.5. The fourth-order valence-electron chi connectivity index (χ4n) is 3.98. The molecule has 0 saturated carbocycles. The number of aryl methyl sites for hydroxylation is 1. The number of benzene rings is 2. The highest BCUT2D eigenvalue weighted by Crippen LogP contribution is 2.33. The molecule has 8 heteroatoms. The second kappa shape index (κ2) is 8.45. The third-order valence-electron chi connectivity index (χ3n) is 5.59. The number of rotatable bonds is 6. The second-order valence-electron chi connectivity index (χ2n) is 7.94. The number of amides is 1. The van der Waals surface area contributed by atoms with Crippen LogP contribution in [-0.2, 0) is 21.2 Å². The van der Waals surface area contributed by atoms with Gasteiger partial charge >= 0.3 is 0 Å². The molecule has 0 radical (unpaired) electrons. The number of sulfonamides is 1. The lowest BCUT2D eigenvalue weighted by atomic mass is 10.0. The zero-order valence-corrected chi connectivity index (χ0v) is 19.0. The van der Waals surface area contributed by atoms with E-state index < -0.39 is 10.0 Å². The van der Waals surface area contributed by atoms with Crippen molar-refractivity contribution in [3.05, 3.63) is 81.5 Å². The van der Waals surface area contributed by atoms with Crippen molar-refractivity contribution in [2.75, 3.05) is 11.4 Å². The number of anilines is 1. The maximum absolute atomic E-state index is 13.1. The molecule has 0 aliphatic carbocycles. The number of hydrogen-bond donors (Lipinski definition) is 2. The van der Waals surface area contributed by atoms with Gasteiger partial charge in [-0.15, -0.1) is 11.3 Å². The van der Waals surface area contributed by atoms with Crippen LogP contribution in [0.4, 0.5) is 5.69 Å². The lowest BCUT2D eigenvalue weighted by Crippen LogP contribution is -2.41. The molecular formula is C23H25N3O3S2. The Labute approximate surface area is 186 Å². The molecule has 0 unspecified atom stereocenters. The highest BCUT2D eigenvalue weighted by Gasteiger charge is 2.29. The van der Waals surface area contributed by atoms with Gasteiger partial charge in [-0.05, 0) is 61.0 Å². The van der Waals surface area contributed by atoms with Gasteiger partial charge in [-0.3, -0.25) is 4.79 Å². The molecule has 1 aliphatic rings. The van der Waals surface area contributed by atoms with E-state index in [0.29, 0.717) is 6.42 Å². The molecule has 31 heavy (non-hydrogen) atoms. The molecule has 3 N–H and O–H groups in total. The number of carbonyl (C=O) groups excluding carboxylic acids is 1. The number of nitrogens with two attached hydrogens (primary N) is 1. The van der Waals surface area contributed by atoms with Crippen molar-refractivity contribution in [3.8, 4) is 0 Å². The van der Waals surface area contributed by atoms with E-state index in [1.165, 1.54) is 11.6 Å². The first-order chi connectivity index (χ1) is 14.7. The summed E-state index contributed by atoms with van der Waals surface area (Å²) >= 11 is 1.61. The summed E-state index contributed by atoms with van der Waals surface area (Å²) in [7, 11) is -3.75. The molecule has 162 valence electrons. The van der Waals surface area contributed by atoms with Crippen molar-refractivity contribution in [2.24, 2.45) is 5.14 Å². The normalized spacial score (nSPS) is 16.7. The molecule has 6 nitrogen and oxygen atoms in total. The van der Waals surface area contributed by atoms with Gasteiger partial charge in [0.2, 0.25) is 15.9 Å². The number of fused-ring (bicyclic) bond motifs is 1. The fourth-order valence-corrected chi connectivity index (χ4v) is 5.35. The molecule has 2 aromatic carbocycles. The topological polar surface area (TPSA) is 92.5 Å². The molecule has 0 spiro atoms. The monoisotopic (exact) mass is 455 g/mol. The van der Waals surface area contributed by atoms with Crippen LogP contribution in [0.2, 0.25) is 0 Å². The van der Waals surface area contributed by atoms with Crippen molar-refractivity contribution in [3.63, 3.8) is 0 Å². The number of carbonyl (C=O) groups is 1. The van der Waals surface area contributed by atoms with Crippen molar-refractivity contribution < 1.29 is 13.2 Å². The van der Waals surface area contributed by atoms with E-state index in [1.807, 2.05) is 60.5 Å². The third kappa shape index (κ3) is 4.66. The summed E-state index contributed by atoms with van der Waals surface area (Å²) in [6.45, 7) is 4.26. The summed E-state index contributed by atoms with van der Waals surface area (Å²) < 4.78 is 23.3. The number of nitrogens with one attached hydrogen (secondary N) is 1. The van der Waals surface area contributed by atoms with Crippen LogP contribution in [0.5, 0.6) is 0 Å². The zero-order chi connectivity index (χ0) is 22.2. The standard InChI is InChI=1S/C23H25N3O3S2/c1-15-5-7-17(8-6-15)23(21-4-3-11-30-21)25-22(27)14-26-16(2)12-18-13-19(31(24,28)29)9-10-20(18)26/h3-11,13,16,23H,12,14H2,1-2H3,(H,25,27)(H2,24,28,29)/t16-,23-/m1/s1. The third-order valence-corrected chi connectivity index (χ3v) is 7.44. The van der Waals surface area contributed by atoms with Gasteiger partial charge in [0.1, 0.15) is 0 Å². The van der Waals surface area contributed by atoms with Crippen molar-refractivity contribution in [1.29, 1.82) is 0 Å². The van der Waals surface area contributed by atoms with E-state index in [2.05, 4.69) is 5.32 Å². The van der Waals surface area contributed by atoms with E-state index in [-0.39, 0.29) is 29.4 Å². The number of thiophene rings is 1. The molecule has 0 saturated heterocycles. The lowest BCUT2D eigenvalue weighted by molar-refractivity contribution is -0.120. The largest absolute Gasteiger partial charge is 0.359 e. The summed E-state index contributed by atoms with van der Waals surface area (Å²) in [4.78, 5) is 16.2. The van der Waals surface area contributed by atoms with Gasteiger partial charge in [-0.1, -0.05) is 35.9 Å². The Balaban J connectivity index is 1.54. The Morgan fingerprint density at radius 1 is 1.23 bits per heavy atom. The van der Waals surface area contributed by atoms with E-state index in [4.69, 9.17) is 5.14 Å². The molecule has 0 bridgehead atoms. The molecule has 2 heterocycles. The first-order valence-corrected chi connectivity index (χ1v) is 12.5. The zero-order valence-electron chi connectivity index (χ0n) is 17.4. The van der Waals surface area contributed by atoms with Crippen molar-refractivity contribution in [2.45, 2.75) is 37.2 Å². The Morgan fingerprint density at radius 3 is 2.61 bits per heavy atom. The van der Waals surface area contributed by atoms with Gasteiger partial charge in [-0.25, -0.2) is 13.6 Å². The van der Waals surface area contributed by atoms with Crippen LogP contribution in [-0.4, -0.2) is 26.9 Å². The molecule has 4 rings (SSSR count). The number of hydrogen-bond acceptors (Lipinski definition) is 5. The van der Waals surface area contributed by atoms with Crippen LogP contribution in [0.25, 0.3) is 0 Å². The van der Waals surface area contributed by atoms with Crippen molar-refractivity contribution >= 4 is 33.0 Å². The lowest BCUT2D eigenvalue weighted by Gasteiger charge is -2.26. The van der Waals surface area contributed by atoms with E-state index in [0.717, 1.165) is 21.7 Å². The van der Waals surface area contributed by atoms with Gasteiger partial charge in [0, 0.05) is 16.6 Å². The Morgan fingerprint density at radius 2 is 1.97 bits per heavy atom. The first kappa shape index (κ1) is 21.5. The van der Waals surface area contributed by atoms with Gasteiger partial charge < -0.3 is 10.2 Å². The average molecular weight is 456 g/mol. The van der Waals surface area contributed by atoms with E-state index in [1.54, 1.807) is 23.5 Å². The van der Waals surface area contributed by atoms with Gasteiger partial charge in [0.25, 0.3) is 0 Å². The SMILES string of the molecule is Cc1ccc([C@@H](NC(=O)CN2c3ccc(S(N)(=O)=O)cc3C[C@H]2C)c2cccs2)cc1. The molecule has 2 atom stereocenters. The molecule has 1 aliphatic heterocycles. The number of primary sulfonamides is 1. The van der Waals surface area contributed by atoms with Crippen LogP contribution in [0.1, 0.15) is 34.5 Å². The minimum Gasteiger partial charge on any atom is -0.359 e. The molecule has 1 aromatic heterocycles. The van der Waals surface area contributed by atoms with Gasteiger partial charge in [0.05, 0.1) is 17.5 Å². The Hall–Kier alpha value is -2.68. The summed E-state index contributed by atoms with van der Waals surface area (Å²) in [6, 6.07) is 16.9. The Bertz CT molecular complexity index is 1190. The Kier molecular flexibility index (Phi) is 5.88. The maximum Gasteiger partial charge on any atom is 0.240 e. The average Bonchev–Trinajstić information content (AvgIpc) is 3.34. The van der Waals surface area contributed by atoms with Crippen LogP contribution >= 0.6 is 11.3 Å².